The van der Waals surface area contributed by atoms with Gasteiger partial charge in [-0.2, -0.15) is 11.8 Å². The predicted octanol–water partition coefficient (Wildman–Crippen LogP) is 5.50. The molecule has 7 heteroatoms. The SMILES string of the molecule is CCc1ccccc1N(CC(=O)NCCCSCc1cccc(C)c1)S(=O)(=O)c1ccc(C)cc1. The molecule has 186 valence electrons. The molecule has 0 unspecified atom stereocenters. The third kappa shape index (κ3) is 7.61. The molecule has 5 nitrogen and oxygen atoms in total. The van der Waals surface area contributed by atoms with Crippen LogP contribution < -0.4 is 9.62 Å². The minimum absolute atomic E-state index is 0.175. The number of rotatable bonds is 12. The number of aryl methyl sites for hydroxylation is 3. The Kier molecular flexibility index (Phi) is 9.81. The molecule has 1 N–H and O–H groups in total. The van der Waals surface area contributed by atoms with Crippen LogP contribution in [0.1, 0.15) is 35.6 Å². The number of benzene rings is 3. The van der Waals surface area contributed by atoms with E-state index in [4.69, 9.17) is 0 Å². The van der Waals surface area contributed by atoms with Gasteiger partial charge in [-0.15, -0.1) is 0 Å². The van der Waals surface area contributed by atoms with Crippen molar-refractivity contribution < 1.29 is 13.2 Å². The fourth-order valence-corrected chi connectivity index (χ4v) is 6.14. The van der Waals surface area contributed by atoms with Gasteiger partial charge < -0.3 is 5.32 Å². The molecule has 0 spiro atoms. The molecule has 0 saturated heterocycles. The van der Waals surface area contributed by atoms with Crippen molar-refractivity contribution in [1.82, 2.24) is 5.32 Å². The van der Waals surface area contributed by atoms with Gasteiger partial charge in [-0.25, -0.2) is 8.42 Å². The summed E-state index contributed by atoms with van der Waals surface area (Å²) in [5.74, 6) is 1.54. The summed E-state index contributed by atoms with van der Waals surface area (Å²) in [6.07, 6.45) is 1.48. The van der Waals surface area contributed by atoms with Crippen molar-refractivity contribution in [3.05, 3.63) is 95.1 Å². The van der Waals surface area contributed by atoms with E-state index < -0.39 is 10.0 Å². The van der Waals surface area contributed by atoms with E-state index in [0.717, 1.165) is 29.1 Å². The summed E-state index contributed by atoms with van der Waals surface area (Å²) in [5, 5.41) is 2.90. The minimum atomic E-state index is -3.90. The fraction of sp³-hybridized carbons (Fsp3) is 0.321. The number of nitrogens with zero attached hydrogens (tertiary/aromatic N) is 1. The number of para-hydroxylation sites is 1. The smallest absolute Gasteiger partial charge is 0.264 e. The molecule has 0 heterocycles. The first-order valence-corrected chi connectivity index (χ1v) is 14.5. The van der Waals surface area contributed by atoms with Crippen molar-refractivity contribution in [3.63, 3.8) is 0 Å². The first-order valence-electron chi connectivity index (χ1n) is 11.9. The van der Waals surface area contributed by atoms with Gasteiger partial charge in [-0.05, 0) is 61.8 Å². The molecule has 1 amide bonds. The van der Waals surface area contributed by atoms with Crippen LogP contribution in [0, 0.1) is 13.8 Å². The molecule has 0 saturated carbocycles. The summed E-state index contributed by atoms with van der Waals surface area (Å²) < 4.78 is 28.4. The van der Waals surface area contributed by atoms with Crippen LogP contribution in [0.15, 0.2) is 77.7 Å². The van der Waals surface area contributed by atoms with Crippen molar-refractivity contribution in [2.75, 3.05) is 23.1 Å². The summed E-state index contributed by atoms with van der Waals surface area (Å²) >= 11 is 1.83. The van der Waals surface area contributed by atoms with Crippen molar-refractivity contribution >= 4 is 33.4 Å². The average molecular weight is 511 g/mol. The van der Waals surface area contributed by atoms with Crippen molar-refractivity contribution in [1.29, 1.82) is 0 Å². The highest BCUT2D eigenvalue weighted by atomic mass is 32.2. The summed E-state index contributed by atoms with van der Waals surface area (Å²) in [7, 11) is -3.90. The molecule has 0 aliphatic heterocycles. The van der Waals surface area contributed by atoms with Gasteiger partial charge >= 0.3 is 0 Å². The quantitative estimate of drug-likeness (QED) is 0.327. The summed E-state index contributed by atoms with van der Waals surface area (Å²) in [6, 6.07) is 22.5. The van der Waals surface area contributed by atoms with E-state index in [1.54, 1.807) is 36.4 Å². The zero-order valence-corrected chi connectivity index (χ0v) is 22.3. The lowest BCUT2D eigenvalue weighted by Gasteiger charge is -2.26. The Morgan fingerprint density at radius 2 is 1.69 bits per heavy atom. The number of amides is 1. The number of hydrogen-bond acceptors (Lipinski definition) is 4. The zero-order chi connectivity index (χ0) is 25.3. The lowest BCUT2D eigenvalue weighted by Crippen LogP contribution is -2.41. The molecule has 0 aromatic heterocycles. The molecule has 0 radical (unpaired) electrons. The van der Waals surface area contributed by atoms with Crippen molar-refractivity contribution in [2.45, 2.75) is 44.3 Å². The summed E-state index contributed by atoms with van der Waals surface area (Å²) in [4.78, 5) is 13.0. The molecule has 0 fully saturated rings. The lowest BCUT2D eigenvalue weighted by atomic mass is 10.1. The Bertz CT molecular complexity index is 1220. The van der Waals surface area contributed by atoms with E-state index in [9.17, 15) is 13.2 Å². The standard InChI is InChI=1S/C28H34N2O3S2/c1-4-25-11-5-6-12-27(25)30(35(32,33)26-15-13-22(2)14-16-26)20-28(31)29-17-8-18-34-21-24-10-7-9-23(3)19-24/h5-7,9-16,19H,4,8,17-18,20-21H2,1-3H3,(H,29,31). The van der Waals surface area contributed by atoms with Crippen LogP contribution >= 0.6 is 11.8 Å². The fourth-order valence-electron chi connectivity index (χ4n) is 3.77. The molecule has 3 aromatic rings. The Hall–Kier alpha value is -2.77. The Balaban J connectivity index is 1.63. The van der Waals surface area contributed by atoms with Crippen LogP contribution in [0.25, 0.3) is 0 Å². The molecule has 3 aromatic carbocycles. The van der Waals surface area contributed by atoms with Gasteiger partial charge in [0.25, 0.3) is 10.0 Å². The third-order valence-electron chi connectivity index (χ3n) is 5.68. The second kappa shape index (κ2) is 12.8. The maximum Gasteiger partial charge on any atom is 0.264 e. The van der Waals surface area contributed by atoms with Gasteiger partial charge in [0.2, 0.25) is 5.91 Å². The molecule has 0 aliphatic rings. The minimum Gasteiger partial charge on any atom is -0.354 e. The Morgan fingerprint density at radius 1 is 0.943 bits per heavy atom. The third-order valence-corrected chi connectivity index (χ3v) is 8.57. The molecular weight excluding hydrogens is 476 g/mol. The van der Waals surface area contributed by atoms with Crippen LogP contribution in [-0.2, 0) is 27.0 Å². The van der Waals surface area contributed by atoms with E-state index in [-0.39, 0.29) is 17.3 Å². The van der Waals surface area contributed by atoms with Crippen LogP contribution in [0.4, 0.5) is 5.69 Å². The first kappa shape index (κ1) is 26.8. The summed E-state index contributed by atoms with van der Waals surface area (Å²) in [6.45, 7) is 6.22. The highest BCUT2D eigenvalue weighted by molar-refractivity contribution is 7.98. The predicted molar refractivity (Wildman–Crippen MR) is 146 cm³/mol. The maximum atomic E-state index is 13.6. The second-order valence-electron chi connectivity index (χ2n) is 8.55. The molecule has 3 rings (SSSR count). The number of sulfonamides is 1. The van der Waals surface area contributed by atoms with Gasteiger partial charge in [-0.1, -0.05) is 72.6 Å². The van der Waals surface area contributed by atoms with E-state index >= 15 is 0 Å². The van der Waals surface area contributed by atoms with Gasteiger partial charge in [-0.3, -0.25) is 9.10 Å². The topological polar surface area (TPSA) is 66.5 Å². The number of anilines is 1. The van der Waals surface area contributed by atoms with Gasteiger partial charge in [0.15, 0.2) is 0 Å². The monoisotopic (exact) mass is 510 g/mol. The summed E-state index contributed by atoms with van der Waals surface area (Å²) in [5.41, 5.74) is 4.95. The Labute approximate surface area is 214 Å². The van der Waals surface area contributed by atoms with Crippen LogP contribution in [0.2, 0.25) is 0 Å². The first-order chi connectivity index (χ1) is 16.8. The molecule has 0 aliphatic carbocycles. The number of carbonyl (C=O) groups excluding carboxylic acids is 1. The molecule has 35 heavy (non-hydrogen) atoms. The van der Waals surface area contributed by atoms with E-state index in [1.165, 1.54) is 15.4 Å². The van der Waals surface area contributed by atoms with Crippen LogP contribution in [-0.4, -0.2) is 33.2 Å². The van der Waals surface area contributed by atoms with E-state index in [2.05, 4.69) is 36.5 Å². The molecular formula is C28H34N2O3S2. The number of hydrogen-bond donors (Lipinski definition) is 1. The number of nitrogens with one attached hydrogen (secondary N) is 1. The zero-order valence-electron chi connectivity index (χ0n) is 20.7. The van der Waals surface area contributed by atoms with Crippen molar-refractivity contribution in [3.8, 4) is 0 Å². The normalized spacial score (nSPS) is 11.3. The Morgan fingerprint density at radius 3 is 2.40 bits per heavy atom. The highest BCUT2D eigenvalue weighted by Gasteiger charge is 2.28. The molecule has 0 bridgehead atoms. The van der Waals surface area contributed by atoms with E-state index in [1.807, 2.05) is 37.7 Å². The van der Waals surface area contributed by atoms with Crippen LogP contribution in [0.5, 0.6) is 0 Å². The van der Waals surface area contributed by atoms with Gasteiger partial charge in [0.1, 0.15) is 6.54 Å². The average Bonchev–Trinajstić information content (AvgIpc) is 2.85. The highest BCUT2D eigenvalue weighted by Crippen LogP contribution is 2.27. The van der Waals surface area contributed by atoms with Gasteiger partial charge in [0.05, 0.1) is 10.6 Å². The molecule has 0 atom stereocenters. The van der Waals surface area contributed by atoms with Gasteiger partial charge in [0, 0.05) is 12.3 Å². The maximum absolute atomic E-state index is 13.6. The number of thioether (sulfide) groups is 1. The van der Waals surface area contributed by atoms with Crippen LogP contribution in [0.3, 0.4) is 0 Å². The van der Waals surface area contributed by atoms with Crippen molar-refractivity contribution in [2.24, 2.45) is 0 Å². The second-order valence-corrected chi connectivity index (χ2v) is 11.5. The van der Waals surface area contributed by atoms with E-state index in [0.29, 0.717) is 18.7 Å². The lowest BCUT2D eigenvalue weighted by molar-refractivity contribution is -0.119. The largest absolute Gasteiger partial charge is 0.354 e. The number of carbonyl (C=O) groups is 1.